The molecule has 0 bridgehead atoms. The number of hydrogen-bond acceptors (Lipinski definition) is 3. The van der Waals surface area contributed by atoms with E-state index in [-0.39, 0.29) is 6.61 Å². The molecule has 0 aromatic carbocycles. The van der Waals surface area contributed by atoms with Gasteiger partial charge in [0.1, 0.15) is 0 Å². The van der Waals surface area contributed by atoms with Gasteiger partial charge in [0.05, 0.1) is 18.5 Å². The molecule has 0 saturated carbocycles. The Balaban J connectivity index is 2.22. The molecule has 1 aromatic heterocycles. The first kappa shape index (κ1) is 12.4. The van der Waals surface area contributed by atoms with Gasteiger partial charge in [-0.2, -0.15) is 0 Å². The summed E-state index contributed by atoms with van der Waals surface area (Å²) in [6, 6.07) is 2.55. The van der Waals surface area contributed by atoms with Crippen molar-refractivity contribution in [2.24, 2.45) is 0 Å². The van der Waals surface area contributed by atoms with Gasteiger partial charge in [-0.15, -0.1) is 0 Å². The van der Waals surface area contributed by atoms with Crippen LogP contribution < -0.4 is 4.90 Å². The molecule has 2 heterocycles. The quantitative estimate of drug-likeness (QED) is 0.870. The lowest BCUT2D eigenvalue weighted by Crippen LogP contribution is -2.40. The summed E-state index contributed by atoms with van der Waals surface area (Å²) in [5.41, 5.74) is 2.14. The number of anilines is 1. The lowest BCUT2D eigenvalue weighted by Gasteiger charge is -2.38. The number of pyridine rings is 1. The average molecular weight is 234 g/mol. The lowest BCUT2D eigenvalue weighted by atomic mass is 9.97. The van der Waals surface area contributed by atoms with Gasteiger partial charge in [-0.3, -0.25) is 4.98 Å². The molecule has 1 atom stereocenters. The van der Waals surface area contributed by atoms with E-state index in [4.69, 9.17) is 0 Å². The second kappa shape index (κ2) is 6.01. The van der Waals surface area contributed by atoms with Gasteiger partial charge < -0.3 is 10.0 Å². The van der Waals surface area contributed by atoms with Crippen LogP contribution in [0, 0.1) is 0 Å². The molecule has 1 fully saturated rings. The van der Waals surface area contributed by atoms with Crippen molar-refractivity contribution >= 4 is 5.69 Å². The lowest BCUT2D eigenvalue weighted by molar-refractivity contribution is 0.281. The number of aliphatic hydroxyl groups is 1. The molecule has 0 amide bonds. The molecule has 1 aliphatic rings. The van der Waals surface area contributed by atoms with Gasteiger partial charge in [0.25, 0.3) is 0 Å². The molecule has 1 saturated heterocycles. The van der Waals surface area contributed by atoms with Crippen LogP contribution in [0.5, 0.6) is 0 Å². The highest BCUT2D eigenvalue weighted by atomic mass is 16.3. The van der Waals surface area contributed by atoms with E-state index in [0.29, 0.717) is 6.04 Å². The second-order valence-corrected chi connectivity index (χ2v) is 4.79. The summed E-state index contributed by atoms with van der Waals surface area (Å²) < 4.78 is 0. The van der Waals surface area contributed by atoms with Gasteiger partial charge in [-0.25, -0.2) is 0 Å². The third-order valence-corrected chi connectivity index (χ3v) is 3.62. The van der Waals surface area contributed by atoms with E-state index in [1.54, 1.807) is 6.20 Å². The fourth-order valence-corrected chi connectivity index (χ4v) is 2.76. The van der Waals surface area contributed by atoms with Crippen LogP contribution in [-0.4, -0.2) is 22.7 Å². The Morgan fingerprint density at radius 1 is 1.47 bits per heavy atom. The molecular weight excluding hydrogens is 212 g/mol. The highest BCUT2D eigenvalue weighted by Crippen LogP contribution is 2.29. The topological polar surface area (TPSA) is 36.4 Å². The Hall–Kier alpha value is -1.09. The number of nitrogens with zero attached hydrogens (tertiary/aromatic N) is 2. The van der Waals surface area contributed by atoms with Crippen LogP contribution in [-0.2, 0) is 6.61 Å². The molecular formula is C14H22N2O. The van der Waals surface area contributed by atoms with E-state index in [2.05, 4.69) is 16.8 Å². The van der Waals surface area contributed by atoms with Crippen molar-refractivity contribution in [1.29, 1.82) is 0 Å². The third-order valence-electron chi connectivity index (χ3n) is 3.62. The van der Waals surface area contributed by atoms with Crippen molar-refractivity contribution < 1.29 is 5.11 Å². The number of aromatic nitrogens is 1. The Kier molecular flexibility index (Phi) is 4.37. The zero-order chi connectivity index (χ0) is 12.1. The second-order valence-electron chi connectivity index (χ2n) is 4.79. The first-order valence-corrected chi connectivity index (χ1v) is 6.67. The zero-order valence-electron chi connectivity index (χ0n) is 10.6. The minimum atomic E-state index is 0.104. The first-order chi connectivity index (χ1) is 8.36. The predicted octanol–water partition coefficient (Wildman–Crippen LogP) is 2.73. The number of aliphatic hydroxyl groups excluding tert-OH is 1. The monoisotopic (exact) mass is 234 g/mol. The summed E-state index contributed by atoms with van der Waals surface area (Å²) in [6.45, 7) is 3.44. The summed E-state index contributed by atoms with van der Waals surface area (Å²) in [6.07, 6.45) is 9.96. The summed E-state index contributed by atoms with van der Waals surface area (Å²) in [4.78, 5) is 6.66. The van der Waals surface area contributed by atoms with Gasteiger partial charge in [0, 0.05) is 24.3 Å². The van der Waals surface area contributed by atoms with Crippen molar-refractivity contribution in [3.63, 3.8) is 0 Å². The summed E-state index contributed by atoms with van der Waals surface area (Å²) >= 11 is 0. The van der Waals surface area contributed by atoms with Crippen molar-refractivity contribution in [3.8, 4) is 0 Å². The first-order valence-electron chi connectivity index (χ1n) is 6.67. The molecule has 0 radical (unpaired) electrons. The predicted molar refractivity (Wildman–Crippen MR) is 70.1 cm³/mol. The summed E-state index contributed by atoms with van der Waals surface area (Å²) in [7, 11) is 0. The molecule has 0 aliphatic carbocycles. The molecule has 3 nitrogen and oxygen atoms in total. The molecule has 2 rings (SSSR count). The van der Waals surface area contributed by atoms with E-state index < -0.39 is 0 Å². The Morgan fingerprint density at radius 2 is 2.35 bits per heavy atom. The Morgan fingerprint density at radius 3 is 3.12 bits per heavy atom. The van der Waals surface area contributed by atoms with E-state index in [0.717, 1.165) is 17.8 Å². The Bertz CT molecular complexity index is 352. The van der Waals surface area contributed by atoms with Crippen LogP contribution in [0.4, 0.5) is 5.69 Å². The van der Waals surface area contributed by atoms with Crippen LogP contribution in [0.25, 0.3) is 0 Å². The standard InChI is InChI=1S/C14H22N2O/c1-2-5-13-6-3-4-9-16(13)14-10-15-8-7-12(14)11-17/h7-8,10,13,17H,2-6,9,11H2,1H3. The summed E-state index contributed by atoms with van der Waals surface area (Å²) in [5.74, 6) is 0. The van der Waals surface area contributed by atoms with Gasteiger partial charge in [0.15, 0.2) is 0 Å². The largest absolute Gasteiger partial charge is 0.392 e. The maximum absolute atomic E-state index is 9.41. The number of piperidine rings is 1. The molecule has 1 unspecified atom stereocenters. The zero-order valence-corrected chi connectivity index (χ0v) is 10.6. The average Bonchev–Trinajstić information content (AvgIpc) is 2.40. The fraction of sp³-hybridized carbons (Fsp3) is 0.643. The van der Waals surface area contributed by atoms with Gasteiger partial charge >= 0.3 is 0 Å². The normalized spacial score (nSPS) is 20.6. The van der Waals surface area contributed by atoms with E-state index in [1.165, 1.54) is 32.1 Å². The van der Waals surface area contributed by atoms with Crippen LogP contribution in [0.1, 0.15) is 44.6 Å². The van der Waals surface area contributed by atoms with Crippen LogP contribution in [0.2, 0.25) is 0 Å². The molecule has 94 valence electrons. The highest BCUT2D eigenvalue weighted by Gasteiger charge is 2.23. The van der Waals surface area contributed by atoms with Crippen molar-refractivity contribution in [3.05, 3.63) is 24.0 Å². The molecule has 0 spiro atoms. The van der Waals surface area contributed by atoms with E-state index in [1.807, 2.05) is 12.3 Å². The van der Waals surface area contributed by atoms with Crippen LogP contribution in [0.15, 0.2) is 18.5 Å². The number of hydrogen-bond donors (Lipinski definition) is 1. The van der Waals surface area contributed by atoms with Crippen LogP contribution >= 0.6 is 0 Å². The maximum atomic E-state index is 9.41. The highest BCUT2D eigenvalue weighted by molar-refractivity contribution is 5.52. The SMILES string of the molecule is CCCC1CCCCN1c1cnccc1CO. The number of rotatable bonds is 4. The van der Waals surface area contributed by atoms with Crippen LogP contribution in [0.3, 0.4) is 0 Å². The van der Waals surface area contributed by atoms with E-state index >= 15 is 0 Å². The fourth-order valence-electron chi connectivity index (χ4n) is 2.76. The molecule has 1 N–H and O–H groups in total. The van der Waals surface area contributed by atoms with Gasteiger partial charge in [-0.1, -0.05) is 13.3 Å². The maximum Gasteiger partial charge on any atom is 0.0703 e. The van der Waals surface area contributed by atoms with Gasteiger partial charge in [0.2, 0.25) is 0 Å². The van der Waals surface area contributed by atoms with Crippen molar-refractivity contribution in [2.45, 2.75) is 51.7 Å². The molecule has 1 aromatic rings. The van der Waals surface area contributed by atoms with Gasteiger partial charge in [-0.05, 0) is 31.7 Å². The minimum Gasteiger partial charge on any atom is -0.392 e. The van der Waals surface area contributed by atoms with Crippen molar-refractivity contribution in [2.75, 3.05) is 11.4 Å². The smallest absolute Gasteiger partial charge is 0.0703 e. The minimum absolute atomic E-state index is 0.104. The Labute approximate surface area is 103 Å². The van der Waals surface area contributed by atoms with E-state index in [9.17, 15) is 5.11 Å². The van der Waals surface area contributed by atoms with Crippen molar-refractivity contribution in [1.82, 2.24) is 4.98 Å². The molecule has 3 heteroatoms. The molecule has 17 heavy (non-hydrogen) atoms. The summed E-state index contributed by atoms with van der Waals surface area (Å²) in [5, 5.41) is 9.41. The third kappa shape index (κ3) is 2.78. The molecule has 1 aliphatic heterocycles.